The second kappa shape index (κ2) is 7.90. The van der Waals surface area contributed by atoms with Crippen LogP contribution in [0.4, 0.5) is 24.9 Å². The summed E-state index contributed by atoms with van der Waals surface area (Å²) >= 11 is 1.67. The van der Waals surface area contributed by atoms with E-state index >= 15 is 0 Å². The summed E-state index contributed by atoms with van der Waals surface area (Å²) in [5, 5.41) is 11.5. The van der Waals surface area contributed by atoms with Gasteiger partial charge in [-0.15, -0.1) is 21.5 Å². The van der Waals surface area contributed by atoms with Gasteiger partial charge in [-0.25, -0.2) is 4.98 Å². The van der Waals surface area contributed by atoms with E-state index in [2.05, 4.69) is 33.4 Å². The van der Waals surface area contributed by atoms with E-state index in [-0.39, 0.29) is 13.1 Å². The highest BCUT2D eigenvalue weighted by atomic mass is 32.1. The fourth-order valence-corrected chi connectivity index (χ4v) is 5.23. The van der Waals surface area contributed by atoms with Gasteiger partial charge in [0.05, 0.1) is 11.9 Å². The maximum absolute atomic E-state index is 13.2. The molecule has 12 heteroatoms. The van der Waals surface area contributed by atoms with Crippen molar-refractivity contribution in [2.75, 3.05) is 42.5 Å². The number of nitrogens with one attached hydrogen (secondary N) is 1. The van der Waals surface area contributed by atoms with Gasteiger partial charge in [0.15, 0.2) is 5.82 Å². The summed E-state index contributed by atoms with van der Waals surface area (Å²) in [6, 6.07) is 2.13. The summed E-state index contributed by atoms with van der Waals surface area (Å²) in [5.41, 5.74) is 0. The molecule has 0 radical (unpaired) electrons. The molecule has 0 aromatic carbocycles. The standard InChI is InChI=1S/C19H23F3N8S/c1-2-3-12-10-13-15(24-18(25-16(13)31-12)28-6-4-23-5-7-28)29-8-9-30-14(11-29)26-27-17(30)19(20,21)22/h10,23H,2-9,11H2,1H3. The molecule has 0 saturated carbocycles. The van der Waals surface area contributed by atoms with Crippen LogP contribution in [-0.4, -0.2) is 57.5 Å². The summed E-state index contributed by atoms with van der Waals surface area (Å²) in [5.74, 6) is 0.812. The molecule has 31 heavy (non-hydrogen) atoms. The Hall–Kier alpha value is -2.47. The lowest BCUT2D eigenvalue weighted by molar-refractivity contribution is -0.147. The highest BCUT2D eigenvalue weighted by Gasteiger charge is 2.39. The minimum absolute atomic E-state index is 0.164. The SMILES string of the molecule is CCCc1cc2c(N3CCn4c(nnc4C(F)(F)F)C3)nc(N3CCNCC3)nc2s1. The topological polar surface area (TPSA) is 75.0 Å². The second-order valence-electron chi connectivity index (χ2n) is 7.78. The number of hydrogen-bond donors (Lipinski definition) is 1. The molecule has 3 aromatic rings. The summed E-state index contributed by atoms with van der Waals surface area (Å²) in [4.78, 5) is 16.0. The van der Waals surface area contributed by atoms with E-state index < -0.39 is 12.0 Å². The first-order valence-corrected chi connectivity index (χ1v) is 11.3. The van der Waals surface area contributed by atoms with Crippen LogP contribution in [-0.2, 0) is 25.7 Å². The van der Waals surface area contributed by atoms with Crippen molar-refractivity contribution >= 4 is 33.3 Å². The fraction of sp³-hybridized carbons (Fsp3) is 0.579. The third-order valence-electron chi connectivity index (χ3n) is 5.61. The Morgan fingerprint density at radius 1 is 1.06 bits per heavy atom. The van der Waals surface area contributed by atoms with Crippen molar-refractivity contribution in [3.63, 3.8) is 0 Å². The summed E-state index contributed by atoms with van der Waals surface area (Å²) < 4.78 is 40.8. The van der Waals surface area contributed by atoms with Gasteiger partial charge >= 0.3 is 6.18 Å². The Labute approximate surface area is 181 Å². The largest absolute Gasteiger partial charge is 0.451 e. The predicted molar refractivity (Wildman–Crippen MR) is 113 cm³/mol. The Morgan fingerprint density at radius 2 is 1.87 bits per heavy atom. The monoisotopic (exact) mass is 452 g/mol. The maximum Gasteiger partial charge on any atom is 0.451 e. The molecule has 1 saturated heterocycles. The molecular weight excluding hydrogens is 429 g/mol. The van der Waals surface area contributed by atoms with Crippen LogP contribution >= 0.6 is 11.3 Å². The van der Waals surface area contributed by atoms with E-state index in [9.17, 15) is 13.2 Å². The zero-order valence-corrected chi connectivity index (χ0v) is 17.9. The molecule has 2 aliphatic heterocycles. The van der Waals surface area contributed by atoms with Crippen LogP contribution in [0.3, 0.4) is 0 Å². The van der Waals surface area contributed by atoms with Gasteiger partial charge in [-0.1, -0.05) is 13.3 Å². The van der Waals surface area contributed by atoms with Gasteiger partial charge in [-0.3, -0.25) is 0 Å². The lowest BCUT2D eigenvalue weighted by atomic mass is 10.2. The molecule has 0 aliphatic carbocycles. The third-order valence-corrected chi connectivity index (χ3v) is 6.70. The zero-order chi connectivity index (χ0) is 21.6. The quantitative estimate of drug-likeness (QED) is 0.652. The lowest BCUT2D eigenvalue weighted by Gasteiger charge is -2.31. The molecule has 166 valence electrons. The highest BCUT2D eigenvalue weighted by Crippen LogP contribution is 2.36. The molecule has 3 aromatic heterocycles. The van der Waals surface area contributed by atoms with Gasteiger partial charge < -0.3 is 19.7 Å². The van der Waals surface area contributed by atoms with Crippen molar-refractivity contribution in [3.8, 4) is 0 Å². The zero-order valence-electron chi connectivity index (χ0n) is 17.1. The van der Waals surface area contributed by atoms with E-state index in [1.54, 1.807) is 11.3 Å². The minimum atomic E-state index is -4.51. The Balaban J connectivity index is 1.54. The molecule has 0 spiro atoms. The molecule has 0 atom stereocenters. The van der Waals surface area contributed by atoms with Crippen LogP contribution in [0.2, 0.25) is 0 Å². The molecule has 0 bridgehead atoms. The van der Waals surface area contributed by atoms with E-state index in [0.29, 0.717) is 18.3 Å². The van der Waals surface area contributed by atoms with Crippen molar-refractivity contribution in [2.24, 2.45) is 0 Å². The number of fused-ring (bicyclic) bond motifs is 2. The molecule has 0 amide bonds. The van der Waals surface area contributed by atoms with Crippen LogP contribution in [0.5, 0.6) is 0 Å². The van der Waals surface area contributed by atoms with E-state index in [1.165, 1.54) is 9.44 Å². The minimum Gasteiger partial charge on any atom is -0.347 e. The Morgan fingerprint density at radius 3 is 2.61 bits per heavy atom. The van der Waals surface area contributed by atoms with Crippen molar-refractivity contribution in [1.82, 2.24) is 30.0 Å². The Kier molecular flexibility index (Phi) is 5.21. The van der Waals surface area contributed by atoms with Gasteiger partial charge in [0.25, 0.3) is 0 Å². The first-order valence-electron chi connectivity index (χ1n) is 10.4. The third kappa shape index (κ3) is 3.82. The number of piperazine rings is 1. The molecule has 5 heterocycles. The summed E-state index contributed by atoms with van der Waals surface area (Å²) in [7, 11) is 0. The van der Waals surface area contributed by atoms with Crippen LogP contribution < -0.4 is 15.1 Å². The predicted octanol–water partition coefficient (Wildman–Crippen LogP) is 2.68. The van der Waals surface area contributed by atoms with E-state index in [0.717, 1.165) is 55.1 Å². The second-order valence-corrected chi connectivity index (χ2v) is 8.89. The van der Waals surface area contributed by atoms with Crippen molar-refractivity contribution in [2.45, 2.75) is 39.0 Å². The smallest absolute Gasteiger partial charge is 0.347 e. The van der Waals surface area contributed by atoms with E-state index in [4.69, 9.17) is 9.97 Å². The number of aromatic nitrogens is 5. The lowest BCUT2D eigenvalue weighted by Crippen LogP contribution is -2.44. The van der Waals surface area contributed by atoms with Crippen molar-refractivity contribution in [1.29, 1.82) is 0 Å². The summed E-state index contributed by atoms with van der Waals surface area (Å²) in [6.07, 6.45) is -2.51. The van der Waals surface area contributed by atoms with Crippen LogP contribution in [0, 0.1) is 0 Å². The fourth-order valence-electron chi connectivity index (χ4n) is 4.11. The molecule has 0 unspecified atom stereocenters. The molecule has 1 fully saturated rings. The molecular formula is C19H23F3N8S. The number of rotatable bonds is 4. The summed E-state index contributed by atoms with van der Waals surface area (Å²) in [6.45, 7) is 6.32. The van der Waals surface area contributed by atoms with Crippen molar-refractivity contribution in [3.05, 3.63) is 22.6 Å². The number of thiophene rings is 1. The van der Waals surface area contributed by atoms with Gasteiger partial charge in [0.1, 0.15) is 10.6 Å². The molecule has 8 nitrogen and oxygen atoms in total. The number of nitrogens with zero attached hydrogens (tertiary/aromatic N) is 7. The number of hydrogen-bond acceptors (Lipinski definition) is 8. The number of aryl methyl sites for hydroxylation is 1. The molecule has 2 aliphatic rings. The average Bonchev–Trinajstić information content (AvgIpc) is 3.37. The molecule has 5 rings (SSSR count). The van der Waals surface area contributed by atoms with Crippen molar-refractivity contribution < 1.29 is 13.2 Å². The van der Waals surface area contributed by atoms with Crippen LogP contribution in [0.25, 0.3) is 10.2 Å². The van der Waals surface area contributed by atoms with Gasteiger partial charge in [-0.05, 0) is 12.5 Å². The maximum atomic E-state index is 13.2. The van der Waals surface area contributed by atoms with Crippen LogP contribution in [0.15, 0.2) is 6.07 Å². The first kappa shape index (κ1) is 20.4. The molecule has 1 N–H and O–H groups in total. The highest BCUT2D eigenvalue weighted by molar-refractivity contribution is 7.18. The number of alkyl halides is 3. The number of anilines is 2. The number of halogens is 3. The Bertz CT molecular complexity index is 1090. The van der Waals surface area contributed by atoms with Gasteiger partial charge in [-0.2, -0.15) is 18.2 Å². The average molecular weight is 453 g/mol. The van der Waals surface area contributed by atoms with E-state index in [1.807, 2.05) is 4.90 Å². The normalized spacial score (nSPS) is 17.4. The first-order chi connectivity index (χ1) is 14.9. The van der Waals surface area contributed by atoms with Crippen LogP contribution in [0.1, 0.15) is 29.9 Å². The van der Waals surface area contributed by atoms with Gasteiger partial charge in [0.2, 0.25) is 11.8 Å². The van der Waals surface area contributed by atoms with Gasteiger partial charge in [0, 0.05) is 44.1 Å².